The van der Waals surface area contributed by atoms with Crippen LogP contribution in [0.25, 0.3) is 10.8 Å². The second kappa shape index (κ2) is 7.63. The van der Waals surface area contributed by atoms with E-state index < -0.39 is 0 Å². The molecule has 5 nitrogen and oxygen atoms in total. The molecule has 1 aromatic heterocycles. The molecule has 0 saturated carbocycles. The first-order valence-electron chi connectivity index (χ1n) is 8.74. The number of fused-ring (bicyclic) bond motifs is 1. The van der Waals surface area contributed by atoms with E-state index in [1.54, 1.807) is 11.3 Å². The highest BCUT2D eigenvalue weighted by atomic mass is 32.2. The molecule has 1 saturated heterocycles. The van der Waals surface area contributed by atoms with E-state index in [4.69, 9.17) is 0 Å². The molecule has 1 amide bonds. The van der Waals surface area contributed by atoms with Crippen LogP contribution in [0.5, 0.6) is 0 Å². The van der Waals surface area contributed by atoms with Gasteiger partial charge in [-0.2, -0.15) is 0 Å². The Morgan fingerprint density at radius 1 is 1.15 bits per heavy atom. The van der Waals surface area contributed by atoms with E-state index in [1.165, 1.54) is 24.6 Å². The summed E-state index contributed by atoms with van der Waals surface area (Å²) >= 11 is 3.03. The van der Waals surface area contributed by atoms with E-state index in [-0.39, 0.29) is 11.2 Å². The minimum absolute atomic E-state index is 0.0248. The normalized spacial score (nSPS) is 15.3. The number of hydrogen-bond acceptors (Lipinski definition) is 6. The third-order valence-corrected chi connectivity index (χ3v) is 6.60. The molecule has 134 valence electrons. The van der Waals surface area contributed by atoms with E-state index in [1.807, 2.05) is 43.3 Å². The van der Waals surface area contributed by atoms with Crippen LogP contribution in [0.3, 0.4) is 0 Å². The van der Waals surface area contributed by atoms with Crippen LogP contribution in [0.4, 0.5) is 10.8 Å². The standard InChI is InChI=1S/C19H20N4OS2/c1-13(25-19-22-21-18(26-19)23-10-4-5-11-23)17(24)20-16-9-8-14-6-2-3-7-15(14)12-16/h2-3,6-9,12-13H,4-5,10-11H2,1H3,(H,20,24). The molecule has 26 heavy (non-hydrogen) atoms. The Morgan fingerprint density at radius 3 is 2.73 bits per heavy atom. The average Bonchev–Trinajstić information content (AvgIpc) is 3.33. The van der Waals surface area contributed by atoms with Gasteiger partial charge >= 0.3 is 0 Å². The van der Waals surface area contributed by atoms with Gasteiger partial charge in [0.2, 0.25) is 11.0 Å². The largest absolute Gasteiger partial charge is 0.347 e. The SMILES string of the molecule is CC(Sc1nnc(N2CCCC2)s1)C(=O)Nc1ccc2ccccc2c1. The van der Waals surface area contributed by atoms with Crippen LogP contribution in [0, 0.1) is 0 Å². The lowest BCUT2D eigenvalue weighted by Crippen LogP contribution is -2.22. The zero-order valence-electron chi connectivity index (χ0n) is 14.5. The molecule has 1 unspecified atom stereocenters. The lowest BCUT2D eigenvalue weighted by molar-refractivity contribution is -0.115. The molecule has 0 bridgehead atoms. The summed E-state index contributed by atoms with van der Waals surface area (Å²) in [5.74, 6) is -0.0248. The number of thioether (sulfide) groups is 1. The summed E-state index contributed by atoms with van der Waals surface area (Å²) in [7, 11) is 0. The van der Waals surface area contributed by atoms with Gasteiger partial charge in [-0.1, -0.05) is 53.4 Å². The fourth-order valence-corrected chi connectivity index (χ4v) is 5.04. The number of nitrogens with zero attached hydrogens (tertiary/aromatic N) is 3. The molecule has 2 heterocycles. The summed E-state index contributed by atoms with van der Waals surface area (Å²) in [5.41, 5.74) is 0.816. The number of anilines is 2. The van der Waals surface area contributed by atoms with Gasteiger partial charge in [0.25, 0.3) is 0 Å². The van der Waals surface area contributed by atoms with Crippen LogP contribution in [0.1, 0.15) is 19.8 Å². The molecule has 7 heteroatoms. The summed E-state index contributed by atoms with van der Waals surface area (Å²) in [5, 5.41) is 14.5. The number of carbonyl (C=O) groups is 1. The molecule has 3 aromatic rings. The smallest absolute Gasteiger partial charge is 0.237 e. The average molecular weight is 385 g/mol. The molecular weight excluding hydrogens is 364 g/mol. The van der Waals surface area contributed by atoms with Gasteiger partial charge in [-0.15, -0.1) is 10.2 Å². The molecule has 4 rings (SSSR count). The van der Waals surface area contributed by atoms with E-state index in [0.717, 1.165) is 39.0 Å². The molecule has 0 spiro atoms. The third-order valence-electron chi connectivity index (χ3n) is 4.44. The van der Waals surface area contributed by atoms with Gasteiger partial charge in [-0.25, -0.2) is 0 Å². The molecule has 0 aliphatic carbocycles. The maximum Gasteiger partial charge on any atom is 0.237 e. The van der Waals surface area contributed by atoms with Gasteiger partial charge in [-0.3, -0.25) is 4.79 Å². The third kappa shape index (κ3) is 3.83. The summed E-state index contributed by atoms with van der Waals surface area (Å²) < 4.78 is 0.841. The zero-order valence-corrected chi connectivity index (χ0v) is 16.1. The Balaban J connectivity index is 1.39. The number of benzene rings is 2. The molecule has 1 N–H and O–H groups in total. The fourth-order valence-electron chi connectivity index (χ4n) is 3.00. The van der Waals surface area contributed by atoms with E-state index in [0.29, 0.717) is 0 Å². The minimum Gasteiger partial charge on any atom is -0.347 e. The number of carbonyl (C=O) groups excluding carboxylic acids is 1. The van der Waals surface area contributed by atoms with Gasteiger partial charge in [-0.05, 0) is 42.7 Å². The monoisotopic (exact) mass is 384 g/mol. The predicted molar refractivity (Wildman–Crippen MR) is 109 cm³/mol. The Morgan fingerprint density at radius 2 is 1.92 bits per heavy atom. The van der Waals surface area contributed by atoms with Crippen molar-refractivity contribution in [3.8, 4) is 0 Å². The first-order valence-corrected chi connectivity index (χ1v) is 10.4. The lowest BCUT2D eigenvalue weighted by Gasteiger charge is -2.12. The zero-order chi connectivity index (χ0) is 17.9. The minimum atomic E-state index is -0.235. The second-order valence-corrected chi connectivity index (χ2v) is 8.90. The second-order valence-electron chi connectivity index (χ2n) is 6.36. The molecule has 0 radical (unpaired) electrons. The van der Waals surface area contributed by atoms with Crippen molar-refractivity contribution in [2.45, 2.75) is 29.4 Å². The number of hydrogen-bond donors (Lipinski definition) is 1. The van der Waals surface area contributed by atoms with Crippen LogP contribution in [0.2, 0.25) is 0 Å². The molecule has 1 fully saturated rings. The molecular formula is C19H20N4OS2. The van der Waals surface area contributed by atoms with Crippen molar-refractivity contribution in [2.24, 2.45) is 0 Å². The van der Waals surface area contributed by atoms with Gasteiger partial charge in [0.05, 0.1) is 5.25 Å². The fraction of sp³-hybridized carbons (Fsp3) is 0.316. The van der Waals surface area contributed by atoms with Gasteiger partial charge in [0.15, 0.2) is 4.34 Å². The van der Waals surface area contributed by atoms with Crippen molar-refractivity contribution in [1.29, 1.82) is 0 Å². The summed E-state index contributed by atoms with van der Waals surface area (Å²) in [4.78, 5) is 14.8. The van der Waals surface area contributed by atoms with Crippen molar-refractivity contribution in [2.75, 3.05) is 23.3 Å². The Labute approximate surface area is 160 Å². The van der Waals surface area contributed by atoms with Crippen molar-refractivity contribution in [3.63, 3.8) is 0 Å². The highest BCUT2D eigenvalue weighted by Crippen LogP contribution is 2.32. The summed E-state index contributed by atoms with van der Waals surface area (Å²) in [6, 6.07) is 14.1. The van der Waals surface area contributed by atoms with Crippen molar-refractivity contribution in [3.05, 3.63) is 42.5 Å². The Hall–Kier alpha value is -2.12. The number of nitrogens with one attached hydrogen (secondary N) is 1. The van der Waals surface area contributed by atoms with Crippen LogP contribution in [-0.4, -0.2) is 34.4 Å². The topological polar surface area (TPSA) is 58.1 Å². The molecule has 1 aliphatic heterocycles. The highest BCUT2D eigenvalue weighted by Gasteiger charge is 2.20. The highest BCUT2D eigenvalue weighted by molar-refractivity contribution is 8.02. The lowest BCUT2D eigenvalue weighted by atomic mass is 10.1. The van der Waals surface area contributed by atoms with Gasteiger partial charge < -0.3 is 10.2 Å². The van der Waals surface area contributed by atoms with Crippen LogP contribution in [0.15, 0.2) is 46.8 Å². The quantitative estimate of drug-likeness (QED) is 0.660. The Bertz CT molecular complexity index is 921. The maximum atomic E-state index is 12.5. The van der Waals surface area contributed by atoms with Crippen molar-refractivity contribution < 1.29 is 4.79 Å². The number of aromatic nitrogens is 2. The van der Waals surface area contributed by atoms with E-state index in [9.17, 15) is 4.79 Å². The molecule has 2 aromatic carbocycles. The predicted octanol–water partition coefficient (Wildman–Crippen LogP) is 4.41. The van der Waals surface area contributed by atoms with Crippen LogP contribution in [-0.2, 0) is 4.79 Å². The summed E-state index contributed by atoms with van der Waals surface area (Å²) in [6.07, 6.45) is 2.43. The van der Waals surface area contributed by atoms with Crippen LogP contribution >= 0.6 is 23.1 Å². The van der Waals surface area contributed by atoms with Gasteiger partial charge in [0.1, 0.15) is 0 Å². The first kappa shape index (κ1) is 17.3. The number of amides is 1. The molecule has 1 atom stereocenters. The summed E-state index contributed by atoms with van der Waals surface area (Å²) in [6.45, 7) is 4.01. The van der Waals surface area contributed by atoms with Crippen LogP contribution < -0.4 is 10.2 Å². The Kier molecular flexibility index (Phi) is 5.08. The van der Waals surface area contributed by atoms with E-state index in [2.05, 4.69) is 26.5 Å². The maximum absolute atomic E-state index is 12.5. The van der Waals surface area contributed by atoms with Crippen molar-refractivity contribution in [1.82, 2.24) is 10.2 Å². The first-order chi connectivity index (χ1) is 12.7. The van der Waals surface area contributed by atoms with Gasteiger partial charge in [0, 0.05) is 18.8 Å². The van der Waals surface area contributed by atoms with E-state index >= 15 is 0 Å². The van der Waals surface area contributed by atoms with Crippen molar-refractivity contribution >= 4 is 50.6 Å². The number of rotatable bonds is 5. The molecule has 1 aliphatic rings.